The molecule has 1 amide bonds. The number of carbonyl (C=O) groups is 1. The molecule has 38 heavy (non-hydrogen) atoms. The Hall–Kier alpha value is -3.12. The van der Waals surface area contributed by atoms with Crippen molar-refractivity contribution in [1.29, 1.82) is 0 Å². The van der Waals surface area contributed by atoms with Crippen LogP contribution in [0, 0.1) is 0 Å². The van der Waals surface area contributed by atoms with Gasteiger partial charge in [0.1, 0.15) is 17.6 Å². The zero-order valence-electron chi connectivity index (χ0n) is 21.3. The van der Waals surface area contributed by atoms with Crippen LogP contribution in [0.25, 0.3) is 0 Å². The highest BCUT2D eigenvalue weighted by molar-refractivity contribution is 5.95. The van der Waals surface area contributed by atoms with Gasteiger partial charge in [-0.05, 0) is 44.4 Å². The van der Waals surface area contributed by atoms with Crippen molar-refractivity contribution in [3.8, 4) is 5.75 Å². The number of nitrogens with two attached hydrogens (primary N) is 1. The Morgan fingerprint density at radius 2 is 1.97 bits per heavy atom. The van der Waals surface area contributed by atoms with Crippen molar-refractivity contribution >= 4 is 12.2 Å². The molecule has 2 atom stereocenters. The lowest BCUT2D eigenvalue weighted by Gasteiger charge is -2.37. The van der Waals surface area contributed by atoms with E-state index in [4.69, 9.17) is 15.2 Å². The fourth-order valence-corrected chi connectivity index (χ4v) is 4.95. The molecule has 2 fully saturated rings. The van der Waals surface area contributed by atoms with Gasteiger partial charge in [0, 0.05) is 55.2 Å². The largest absolute Gasteiger partial charge is 0.473 e. The van der Waals surface area contributed by atoms with Gasteiger partial charge < -0.3 is 30.3 Å². The summed E-state index contributed by atoms with van der Waals surface area (Å²) in [4.78, 5) is 20.8. The van der Waals surface area contributed by atoms with Crippen LogP contribution in [0.4, 0.5) is 17.6 Å². The van der Waals surface area contributed by atoms with Gasteiger partial charge >= 0.3 is 6.18 Å². The molecule has 1 aromatic carbocycles. The van der Waals surface area contributed by atoms with Gasteiger partial charge in [-0.25, -0.2) is 9.38 Å². The molecule has 12 heteroatoms. The molecule has 4 rings (SSSR count). The molecule has 0 bridgehead atoms. The Labute approximate surface area is 219 Å². The molecule has 3 N–H and O–H groups in total. The van der Waals surface area contributed by atoms with Crippen LogP contribution in [-0.2, 0) is 22.3 Å². The number of likely N-dealkylation sites (tertiary alicyclic amines) is 1. The highest BCUT2D eigenvalue weighted by Gasteiger charge is 2.33. The first-order valence-corrected chi connectivity index (χ1v) is 12.6. The maximum Gasteiger partial charge on any atom is 0.416 e. The number of hydrogen-bond donors (Lipinski definition) is 2. The number of ether oxygens (including phenoxy) is 2. The summed E-state index contributed by atoms with van der Waals surface area (Å²) in [6, 6.07) is 3.20. The molecule has 3 aliphatic rings. The Morgan fingerprint density at radius 3 is 2.63 bits per heavy atom. The lowest BCUT2D eigenvalue weighted by atomic mass is 10.00. The number of rotatable bonds is 6. The Morgan fingerprint density at radius 1 is 1.24 bits per heavy atom. The maximum absolute atomic E-state index is 14.1. The van der Waals surface area contributed by atoms with Crippen LogP contribution in [0.2, 0.25) is 0 Å². The number of carbonyl (C=O) groups excluding carboxylic acids is 1. The summed E-state index contributed by atoms with van der Waals surface area (Å²) in [5.41, 5.74) is 6.09. The van der Waals surface area contributed by atoms with E-state index in [1.54, 1.807) is 16.7 Å². The topological polar surface area (TPSA) is 92.4 Å². The van der Waals surface area contributed by atoms with Gasteiger partial charge in [0.15, 0.2) is 6.73 Å². The van der Waals surface area contributed by atoms with E-state index in [1.165, 1.54) is 6.07 Å². The molecule has 208 valence electrons. The summed E-state index contributed by atoms with van der Waals surface area (Å²) in [6.07, 6.45) is -2.55. The molecule has 0 unspecified atom stereocenters. The Kier molecular flexibility index (Phi) is 8.61. The molecular formula is C26H33F4N5O3. The van der Waals surface area contributed by atoms with Gasteiger partial charge in [0.05, 0.1) is 18.5 Å². The minimum atomic E-state index is -4.47. The summed E-state index contributed by atoms with van der Waals surface area (Å²) < 4.78 is 64.5. The van der Waals surface area contributed by atoms with Crippen molar-refractivity contribution in [2.45, 2.75) is 57.2 Å². The van der Waals surface area contributed by atoms with Gasteiger partial charge in [-0.15, -0.1) is 0 Å². The number of benzene rings is 1. The van der Waals surface area contributed by atoms with Crippen LogP contribution in [0.15, 0.2) is 46.7 Å². The van der Waals surface area contributed by atoms with Crippen LogP contribution in [0.3, 0.4) is 0 Å². The summed E-state index contributed by atoms with van der Waals surface area (Å²) in [5, 5.41) is 3.37. The predicted molar refractivity (Wildman–Crippen MR) is 134 cm³/mol. The van der Waals surface area contributed by atoms with E-state index < -0.39 is 17.9 Å². The number of alkyl halides is 4. The number of nitrogens with zero attached hydrogens (tertiary/aromatic N) is 3. The summed E-state index contributed by atoms with van der Waals surface area (Å²) in [5.74, 6) is 0.0483. The van der Waals surface area contributed by atoms with E-state index >= 15 is 0 Å². The first-order chi connectivity index (χ1) is 18.1. The number of amides is 1. The van der Waals surface area contributed by atoms with E-state index in [9.17, 15) is 22.4 Å². The third kappa shape index (κ3) is 6.29. The van der Waals surface area contributed by atoms with Crippen molar-refractivity contribution in [3.05, 3.63) is 52.9 Å². The first-order valence-electron chi connectivity index (χ1n) is 12.6. The molecule has 0 spiro atoms. The molecular weight excluding hydrogens is 506 g/mol. The van der Waals surface area contributed by atoms with Gasteiger partial charge in [-0.2, -0.15) is 13.2 Å². The highest BCUT2D eigenvalue weighted by Crippen LogP contribution is 2.36. The third-order valence-corrected chi connectivity index (χ3v) is 7.22. The van der Waals surface area contributed by atoms with Crippen molar-refractivity contribution in [1.82, 2.24) is 15.1 Å². The molecule has 2 saturated heterocycles. The number of nitrogens with one attached hydrogen (secondary N) is 1. The normalized spacial score (nSPS) is 23.6. The smallest absolute Gasteiger partial charge is 0.416 e. The fraction of sp³-hybridized carbons (Fsp3) is 0.538. The zero-order chi connectivity index (χ0) is 27.4. The summed E-state index contributed by atoms with van der Waals surface area (Å²) in [7, 11) is 0. The van der Waals surface area contributed by atoms with Gasteiger partial charge in [-0.1, -0.05) is 6.58 Å². The fourth-order valence-electron chi connectivity index (χ4n) is 4.95. The summed E-state index contributed by atoms with van der Waals surface area (Å²) >= 11 is 0. The van der Waals surface area contributed by atoms with E-state index in [-0.39, 0.29) is 43.6 Å². The SMILES string of the molecule is C=C(/C(C)=C(\N=C/N)C(=O)N1CCC(N[C@H]2CCOC[C@H]2F)CC1)N1COc2ccc(C(F)(F)F)cc2C1. The van der Waals surface area contributed by atoms with Crippen LogP contribution < -0.4 is 15.8 Å². The number of piperidine rings is 1. The second-order valence-electron chi connectivity index (χ2n) is 9.71. The van der Waals surface area contributed by atoms with Crippen molar-refractivity contribution in [2.75, 3.05) is 33.0 Å². The minimum Gasteiger partial charge on any atom is -0.473 e. The number of fused-ring (bicyclic) bond motifs is 1. The zero-order valence-corrected chi connectivity index (χ0v) is 21.3. The van der Waals surface area contributed by atoms with Gasteiger partial charge in [0.2, 0.25) is 0 Å². The molecule has 0 aliphatic carbocycles. The maximum atomic E-state index is 14.1. The number of halogens is 4. The average molecular weight is 540 g/mol. The van der Waals surface area contributed by atoms with E-state index in [0.29, 0.717) is 61.5 Å². The van der Waals surface area contributed by atoms with Crippen molar-refractivity contribution < 1.29 is 31.8 Å². The standard InChI is InChI=1S/C26H33F4N5O3/c1-16(17(2)35-12-18-11-19(26(28,29)30)3-4-23(18)38-15-35)24(32-14-31)25(36)34-8-5-20(6-9-34)33-22-7-10-37-13-21(22)27/h3-4,11,14,20-22,33H,2,5-10,12-13,15H2,1H3,(H2,31,32)/b24-16-/t21-,22+/m1/s1. The second-order valence-corrected chi connectivity index (χ2v) is 9.71. The summed E-state index contributed by atoms with van der Waals surface area (Å²) in [6.45, 7) is 7.46. The van der Waals surface area contributed by atoms with Crippen molar-refractivity contribution in [2.24, 2.45) is 10.7 Å². The lowest BCUT2D eigenvalue weighted by Crippen LogP contribution is -2.52. The van der Waals surface area contributed by atoms with Crippen LogP contribution in [0.5, 0.6) is 5.75 Å². The van der Waals surface area contributed by atoms with E-state index in [2.05, 4.69) is 16.9 Å². The monoisotopic (exact) mass is 539 g/mol. The predicted octanol–water partition coefficient (Wildman–Crippen LogP) is 3.34. The lowest BCUT2D eigenvalue weighted by molar-refractivity contribution is -0.137. The number of aliphatic imine (C=N–C) groups is 1. The van der Waals surface area contributed by atoms with Gasteiger partial charge in [-0.3, -0.25) is 4.79 Å². The number of hydrogen-bond acceptors (Lipinski definition) is 6. The van der Waals surface area contributed by atoms with Crippen LogP contribution in [-0.4, -0.2) is 73.3 Å². The van der Waals surface area contributed by atoms with Gasteiger partial charge in [0.25, 0.3) is 5.91 Å². The third-order valence-electron chi connectivity index (χ3n) is 7.22. The number of allylic oxidation sites excluding steroid dienone is 1. The second kappa shape index (κ2) is 11.7. The quantitative estimate of drug-likeness (QED) is 0.190. The molecule has 3 heterocycles. The average Bonchev–Trinajstić information content (AvgIpc) is 2.91. The van der Waals surface area contributed by atoms with Crippen molar-refractivity contribution in [3.63, 3.8) is 0 Å². The molecule has 0 saturated carbocycles. The molecule has 0 aromatic heterocycles. The van der Waals surface area contributed by atoms with Crippen LogP contribution in [0.1, 0.15) is 37.3 Å². The molecule has 3 aliphatic heterocycles. The van der Waals surface area contributed by atoms with E-state index in [0.717, 1.165) is 18.5 Å². The first kappa shape index (κ1) is 27.9. The minimum absolute atomic E-state index is 0.0567. The Balaban J connectivity index is 1.42. The Bertz CT molecular complexity index is 1100. The van der Waals surface area contributed by atoms with Crippen LogP contribution >= 0.6 is 0 Å². The molecule has 8 nitrogen and oxygen atoms in total. The van der Waals surface area contributed by atoms with E-state index in [1.807, 2.05) is 0 Å². The molecule has 1 aromatic rings. The highest BCUT2D eigenvalue weighted by atomic mass is 19.4. The molecule has 0 radical (unpaired) electrons.